The summed E-state index contributed by atoms with van der Waals surface area (Å²) in [7, 11) is 1.68. The van der Waals surface area contributed by atoms with E-state index in [2.05, 4.69) is 22.8 Å². The molecule has 0 radical (unpaired) electrons. The number of nitrogens with zero attached hydrogens (tertiary/aromatic N) is 1. The maximum atomic E-state index is 13.1. The van der Waals surface area contributed by atoms with Gasteiger partial charge in [0.2, 0.25) is 0 Å². The molecule has 2 aromatic heterocycles. The highest BCUT2D eigenvalue weighted by Crippen LogP contribution is 2.47. The Morgan fingerprint density at radius 1 is 1.00 bits per heavy atom. The van der Waals surface area contributed by atoms with Crippen LogP contribution in [0.5, 0.6) is 5.75 Å². The second-order valence-electron chi connectivity index (χ2n) is 8.30. The summed E-state index contributed by atoms with van der Waals surface area (Å²) in [6, 6.07) is 18.3. The van der Waals surface area contributed by atoms with Gasteiger partial charge in [0.25, 0.3) is 5.91 Å². The van der Waals surface area contributed by atoms with Gasteiger partial charge in [0.1, 0.15) is 21.6 Å². The summed E-state index contributed by atoms with van der Waals surface area (Å²) in [6.07, 6.45) is 4.06. The Labute approximate surface area is 190 Å². The zero-order chi connectivity index (χ0) is 21.7. The molecular weight excluding hydrogens is 418 g/mol. The molecule has 0 saturated heterocycles. The Balaban J connectivity index is 1.59. The molecule has 160 valence electrons. The second-order valence-corrected chi connectivity index (χ2v) is 9.29. The number of carbonyl (C=O) groups is 1. The number of nitrogens with one attached hydrogen (secondary N) is 2. The van der Waals surface area contributed by atoms with Crippen LogP contribution < -0.4 is 15.4 Å². The summed E-state index contributed by atoms with van der Waals surface area (Å²) in [5.41, 5.74) is 6.77. The Kier molecular flexibility index (Phi) is 4.61. The highest BCUT2D eigenvalue weighted by molar-refractivity contribution is 7.21. The molecule has 2 aromatic carbocycles. The lowest BCUT2D eigenvalue weighted by Crippen LogP contribution is -2.37. The monoisotopic (exact) mass is 441 g/mol. The maximum Gasteiger partial charge on any atom is 0.265 e. The van der Waals surface area contributed by atoms with Gasteiger partial charge >= 0.3 is 0 Å². The van der Waals surface area contributed by atoms with Crippen LogP contribution in [0.1, 0.15) is 45.5 Å². The van der Waals surface area contributed by atoms with Crippen molar-refractivity contribution in [3.05, 3.63) is 76.3 Å². The predicted octanol–water partition coefficient (Wildman–Crippen LogP) is 5.70. The topological polar surface area (TPSA) is 63.2 Å². The third kappa shape index (κ3) is 3.06. The van der Waals surface area contributed by atoms with Crippen LogP contribution in [0.4, 0.5) is 5.69 Å². The molecule has 1 atom stereocenters. The van der Waals surface area contributed by atoms with E-state index in [0.29, 0.717) is 4.88 Å². The van der Waals surface area contributed by atoms with Crippen LogP contribution in [-0.4, -0.2) is 18.0 Å². The molecular formula is C26H23N3O2S. The number of carbonyl (C=O) groups excluding carboxylic acids is 1. The predicted molar refractivity (Wildman–Crippen MR) is 129 cm³/mol. The van der Waals surface area contributed by atoms with E-state index in [1.54, 1.807) is 7.11 Å². The normalized spacial score (nSPS) is 17.3. The number of aromatic nitrogens is 1. The first kappa shape index (κ1) is 19.3. The average molecular weight is 442 g/mol. The first-order valence-corrected chi connectivity index (χ1v) is 11.8. The molecule has 1 aliphatic heterocycles. The highest BCUT2D eigenvalue weighted by Gasteiger charge is 2.32. The number of ether oxygens (including phenoxy) is 1. The lowest BCUT2D eigenvalue weighted by molar-refractivity contribution is 0.0940. The van der Waals surface area contributed by atoms with Crippen molar-refractivity contribution >= 4 is 33.1 Å². The van der Waals surface area contributed by atoms with Crippen LogP contribution >= 0.6 is 11.3 Å². The van der Waals surface area contributed by atoms with Gasteiger partial charge in [-0.15, -0.1) is 11.3 Å². The smallest absolute Gasteiger partial charge is 0.265 e. The molecule has 1 unspecified atom stereocenters. The average Bonchev–Trinajstić information content (AvgIpc) is 3.22. The number of thiophene rings is 1. The molecule has 6 rings (SSSR count). The quantitative estimate of drug-likeness (QED) is 0.428. The molecule has 0 bridgehead atoms. The van der Waals surface area contributed by atoms with Gasteiger partial charge in [-0.05, 0) is 60.1 Å². The molecule has 1 amide bonds. The summed E-state index contributed by atoms with van der Waals surface area (Å²) in [6.45, 7) is 0. The maximum absolute atomic E-state index is 13.1. The number of hydrogen-bond donors (Lipinski definition) is 2. The number of fused-ring (bicyclic) bond motifs is 4. The van der Waals surface area contributed by atoms with Gasteiger partial charge in [-0.3, -0.25) is 4.79 Å². The molecule has 2 N–H and O–H groups in total. The number of anilines is 1. The van der Waals surface area contributed by atoms with Crippen molar-refractivity contribution in [3.63, 3.8) is 0 Å². The zero-order valence-corrected chi connectivity index (χ0v) is 18.6. The highest BCUT2D eigenvalue weighted by atomic mass is 32.1. The molecule has 1 aliphatic carbocycles. The van der Waals surface area contributed by atoms with Crippen LogP contribution in [0.3, 0.4) is 0 Å². The van der Waals surface area contributed by atoms with E-state index in [-0.39, 0.29) is 12.1 Å². The Hall–Kier alpha value is -3.38. The van der Waals surface area contributed by atoms with E-state index < -0.39 is 0 Å². The molecule has 6 heteroatoms. The lowest BCUT2D eigenvalue weighted by atomic mass is 9.87. The summed E-state index contributed by atoms with van der Waals surface area (Å²) in [5.74, 6) is 0.788. The van der Waals surface area contributed by atoms with Gasteiger partial charge < -0.3 is 15.4 Å². The summed E-state index contributed by atoms with van der Waals surface area (Å²) < 4.78 is 5.38. The Morgan fingerprint density at radius 2 is 1.78 bits per heavy atom. The van der Waals surface area contributed by atoms with E-state index in [4.69, 9.17) is 9.72 Å². The molecule has 5 nitrogen and oxygen atoms in total. The van der Waals surface area contributed by atoms with Crippen LogP contribution in [0.2, 0.25) is 0 Å². The molecule has 0 saturated carbocycles. The standard InChI is InChI=1S/C26H23N3O2S/c1-31-17-13-11-15(12-14-17)20-18-9-5-6-10-19(18)27-26-21(20)22-23(32-26)25(30)29-24(28-22)16-7-3-2-4-8-16/h2-4,7-8,11-14,24,28H,5-6,9-10H2,1H3,(H,29,30). The minimum absolute atomic E-state index is 0.0470. The number of aryl methyl sites for hydroxylation is 1. The van der Waals surface area contributed by atoms with Crippen LogP contribution in [0, 0.1) is 0 Å². The van der Waals surface area contributed by atoms with Crippen LogP contribution in [0.25, 0.3) is 21.3 Å². The van der Waals surface area contributed by atoms with Crippen LogP contribution in [-0.2, 0) is 12.8 Å². The molecule has 3 heterocycles. The summed E-state index contributed by atoms with van der Waals surface area (Å²) >= 11 is 1.48. The van der Waals surface area contributed by atoms with Crippen molar-refractivity contribution in [2.45, 2.75) is 31.8 Å². The Morgan fingerprint density at radius 3 is 2.56 bits per heavy atom. The molecule has 2 aliphatic rings. The van der Waals surface area contributed by atoms with Gasteiger partial charge in [-0.25, -0.2) is 4.98 Å². The number of pyridine rings is 1. The first-order valence-electron chi connectivity index (χ1n) is 11.0. The SMILES string of the molecule is COc1ccc(-c2c3c(nc4sc5c(c24)NC(c2ccccc2)NC5=O)CCCC3)cc1. The van der Waals surface area contributed by atoms with Crippen LogP contribution in [0.15, 0.2) is 54.6 Å². The third-order valence-corrected chi connectivity index (χ3v) is 7.48. The first-order chi connectivity index (χ1) is 15.7. The van der Waals surface area contributed by atoms with Gasteiger partial charge in [0.05, 0.1) is 12.8 Å². The lowest BCUT2D eigenvalue weighted by Gasteiger charge is -2.27. The minimum atomic E-state index is -0.270. The van der Waals surface area contributed by atoms with Gasteiger partial charge in [-0.1, -0.05) is 42.5 Å². The minimum Gasteiger partial charge on any atom is -0.497 e. The summed E-state index contributed by atoms with van der Waals surface area (Å²) in [5, 5.41) is 7.79. The van der Waals surface area contributed by atoms with E-state index in [9.17, 15) is 4.79 Å². The van der Waals surface area contributed by atoms with Crippen molar-refractivity contribution in [3.8, 4) is 16.9 Å². The summed E-state index contributed by atoms with van der Waals surface area (Å²) in [4.78, 5) is 19.8. The zero-order valence-electron chi connectivity index (χ0n) is 17.8. The fraction of sp³-hybridized carbons (Fsp3) is 0.231. The molecule has 0 fully saturated rings. The number of rotatable bonds is 3. The van der Waals surface area contributed by atoms with Crippen molar-refractivity contribution in [1.29, 1.82) is 0 Å². The fourth-order valence-electron chi connectivity index (χ4n) is 4.85. The van der Waals surface area contributed by atoms with E-state index in [0.717, 1.165) is 58.5 Å². The van der Waals surface area contributed by atoms with Gasteiger partial charge in [0, 0.05) is 11.1 Å². The number of hydrogen-bond acceptors (Lipinski definition) is 5. The van der Waals surface area contributed by atoms with Crippen molar-refractivity contribution in [2.75, 3.05) is 12.4 Å². The Bertz CT molecular complexity index is 1330. The molecule has 0 spiro atoms. The number of benzene rings is 2. The van der Waals surface area contributed by atoms with Crippen molar-refractivity contribution in [1.82, 2.24) is 10.3 Å². The van der Waals surface area contributed by atoms with E-state index >= 15 is 0 Å². The molecule has 4 aromatic rings. The number of methoxy groups -OCH3 is 1. The third-order valence-electron chi connectivity index (χ3n) is 6.40. The van der Waals surface area contributed by atoms with Gasteiger partial charge in [0.15, 0.2) is 0 Å². The van der Waals surface area contributed by atoms with Gasteiger partial charge in [-0.2, -0.15) is 0 Å². The van der Waals surface area contributed by atoms with E-state index in [1.165, 1.54) is 28.2 Å². The largest absolute Gasteiger partial charge is 0.497 e. The molecule has 32 heavy (non-hydrogen) atoms. The van der Waals surface area contributed by atoms with E-state index in [1.807, 2.05) is 42.5 Å². The number of amides is 1. The fourth-order valence-corrected chi connectivity index (χ4v) is 5.92. The van der Waals surface area contributed by atoms with Crippen molar-refractivity contribution in [2.24, 2.45) is 0 Å². The van der Waals surface area contributed by atoms with Crippen molar-refractivity contribution < 1.29 is 9.53 Å². The second kappa shape index (κ2) is 7.64.